The molecule has 0 bridgehead atoms. The van der Waals surface area contributed by atoms with Crippen molar-refractivity contribution in [3.05, 3.63) is 58.3 Å². The zero-order chi connectivity index (χ0) is 15.4. The third-order valence-electron chi connectivity index (χ3n) is 4.26. The molecule has 0 aliphatic carbocycles. The first-order valence-electron chi connectivity index (χ1n) is 7.86. The largest absolute Gasteiger partial charge is 0.348 e. The lowest BCUT2D eigenvalue weighted by atomic mass is 10.1. The van der Waals surface area contributed by atoms with Crippen LogP contribution in [0.5, 0.6) is 0 Å². The molecule has 1 N–H and O–H groups in total. The maximum absolute atomic E-state index is 12.3. The highest BCUT2D eigenvalue weighted by atomic mass is 32.1. The van der Waals surface area contributed by atoms with E-state index in [-0.39, 0.29) is 11.9 Å². The van der Waals surface area contributed by atoms with Gasteiger partial charge in [0, 0.05) is 10.9 Å². The van der Waals surface area contributed by atoms with Crippen LogP contribution < -0.4 is 5.32 Å². The van der Waals surface area contributed by atoms with Gasteiger partial charge >= 0.3 is 0 Å². The van der Waals surface area contributed by atoms with Crippen LogP contribution in [-0.4, -0.2) is 23.9 Å². The number of rotatable bonds is 5. The number of carbonyl (C=O) groups is 1. The van der Waals surface area contributed by atoms with Gasteiger partial charge in [-0.15, -0.1) is 11.3 Å². The Hall–Kier alpha value is -1.65. The van der Waals surface area contributed by atoms with Gasteiger partial charge in [0.15, 0.2) is 0 Å². The molecule has 0 spiro atoms. The van der Waals surface area contributed by atoms with Crippen LogP contribution >= 0.6 is 11.3 Å². The van der Waals surface area contributed by atoms with E-state index in [2.05, 4.69) is 39.9 Å². The number of nitrogens with zero attached hydrogens (tertiary/aromatic N) is 1. The highest BCUT2D eigenvalue weighted by Gasteiger charge is 2.28. The molecule has 3 nitrogen and oxygen atoms in total. The molecule has 0 saturated carbocycles. The molecule has 0 radical (unpaired) electrons. The van der Waals surface area contributed by atoms with Crippen molar-refractivity contribution in [3.8, 4) is 0 Å². The molecule has 1 fully saturated rings. The van der Waals surface area contributed by atoms with Gasteiger partial charge in [0.25, 0.3) is 0 Å². The van der Waals surface area contributed by atoms with Gasteiger partial charge in [0.1, 0.15) is 0 Å². The summed E-state index contributed by atoms with van der Waals surface area (Å²) in [6.07, 6.45) is 2.33. The molecule has 1 aliphatic rings. The molecule has 116 valence electrons. The Labute approximate surface area is 136 Å². The second-order valence-corrected chi connectivity index (χ2v) is 6.82. The van der Waals surface area contributed by atoms with Crippen molar-refractivity contribution in [3.63, 3.8) is 0 Å². The van der Waals surface area contributed by atoms with Gasteiger partial charge < -0.3 is 5.32 Å². The summed E-state index contributed by atoms with van der Waals surface area (Å²) in [4.78, 5) is 16.0. The lowest BCUT2D eigenvalue weighted by Crippen LogP contribution is -2.37. The molecular weight excluding hydrogens is 292 g/mol. The maximum atomic E-state index is 12.3. The number of nitrogens with one attached hydrogen (secondary N) is 1. The van der Waals surface area contributed by atoms with E-state index in [0.29, 0.717) is 12.6 Å². The van der Waals surface area contributed by atoms with E-state index in [0.717, 1.165) is 18.5 Å². The van der Waals surface area contributed by atoms with Crippen molar-refractivity contribution in [1.29, 1.82) is 0 Å². The van der Waals surface area contributed by atoms with Gasteiger partial charge in [-0.25, -0.2) is 0 Å². The molecule has 2 atom stereocenters. The molecule has 1 aromatic carbocycles. The molecule has 1 amide bonds. The van der Waals surface area contributed by atoms with Crippen molar-refractivity contribution >= 4 is 17.2 Å². The highest BCUT2D eigenvalue weighted by Crippen LogP contribution is 2.34. The van der Waals surface area contributed by atoms with Crippen LogP contribution in [0.25, 0.3) is 0 Å². The predicted octanol–water partition coefficient (Wildman–Crippen LogP) is 3.76. The summed E-state index contributed by atoms with van der Waals surface area (Å²) in [5.41, 5.74) is 1.15. The van der Waals surface area contributed by atoms with Crippen molar-refractivity contribution < 1.29 is 4.79 Å². The molecule has 3 rings (SSSR count). The number of hydrogen-bond donors (Lipinski definition) is 1. The van der Waals surface area contributed by atoms with Gasteiger partial charge in [-0.3, -0.25) is 9.69 Å². The Morgan fingerprint density at radius 1 is 1.32 bits per heavy atom. The number of benzene rings is 1. The number of carbonyl (C=O) groups excluding carboxylic acids is 1. The third kappa shape index (κ3) is 3.57. The van der Waals surface area contributed by atoms with E-state index in [1.807, 2.05) is 25.1 Å². The SMILES string of the molecule is CC(NC(=O)CN1CCCC1c1cccs1)c1ccccc1. The fourth-order valence-corrected chi connectivity index (χ4v) is 4.01. The molecule has 2 aromatic rings. The normalized spacial score (nSPS) is 20.0. The fourth-order valence-electron chi connectivity index (χ4n) is 3.12. The summed E-state index contributed by atoms with van der Waals surface area (Å²) < 4.78 is 0. The van der Waals surface area contributed by atoms with Gasteiger partial charge in [0.2, 0.25) is 5.91 Å². The average Bonchev–Trinajstić information content (AvgIpc) is 3.18. The second kappa shape index (κ2) is 7.07. The minimum Gasteiger partial charge on any atom is -0.348 e. The van der Waals surface area contributed by atoms with E-state index in [9.17, 15) is 4.79 Å². The van der Waals surface area contributed by atoms with Gasteiger partial charge in [-0.05, 0) is 43.3 Å². The molecule has 4 heteroatoms. The van der Waals surface area contributed by atoms with E-state index < -0.39 is 0 Å². The molecular formula is C18H22N2OS. The van der Waals surface area contributed by atoms with Crippen LogP contribution in [0.2, 0.25) is 0 Å². The summed E-state index contributed by atoms with van der Waals surface area (Å²) in [6, 6.07) is 14.8. The zero-order valence-electron chi connectivity index (χ0n) is 12.9. The van der Waals surface area contributed by atoms with E-state index >= 15 is 0 Å². The van der Waals surface area contributed by atoms with Crippen LogP contribution in [0.1, 0.15) is 42.3 Å². The van der Waals surface area contributed by atoms with Crippen molar-refractivity contribution in [2.75, 3.05) is 13.1 Å². The molecule has 1 aliphatic heterocycles. The number of hydrogen-bond acceptors (Lipinski definition) is 3. The lowest BCUT2D eigenvalue weighted by molar-refractivity contribution is -0.123. The maximum Gasteiger partial charge on any atom is 0.234 e. The molecule has 1 saturated heterocycles. The molecule has 2 unspecified atom stereocenters. The van der Waals surface area contributed by atoms with Crippen molar-refractivity contribution in [1.82, 2.24) is 10.2 Å². The minimum absolute atomic E-state index is 0.0523. The topological polar surface area (TPSA) is 32.3 Å². The third-order valence-corrected chi connectivity index (χ3v) is 5.23. The van der Waals surface area contributed by atoms with Crippen LogP contribution in [0, 0.1) is 0 Å². The first kappa shape index (κ1) is 15.3. The van der Waals surface area contributed by atoms with E-state index in [1.165, 1.54) is 11.3 Å². The first-order chi connectivity index (χ1) is 10.7. The minimum atomic E-state index is 0.0523. The van der Waals surface area contributed by atoms with Crippen molar-refractivity contribution in [2.24, 2.45) is 0 Å². The van der Waals surface area contributed by atoms with Crippen LogP contribution in [0.3, 0.4) is 0 Å². The Balaban J connectivity index is 1.57. The Morgan fingerprint density at radius 3 is 2.86 bits per heavy atom. The first-order valence-corrected chi connectivity index (χ1v) is 8.74. The van der Waals surface area contributed by atoms with Gasteiger partial charge in [-0.2, -0.15) is 0 Å². The molecule has 2 heterocycles. The second-order valence-electron chi connectivity index (χ2n) is 5.84. The fraction of sp³-hybridized carbons (Fsp3) is 0.389. The monoisotopic (exact) mass is 314 g/mol. The average molecular weight is 314 g/mol. The summed E-state index contributed by atoms with van der Waals surface area (Å²) in [5, 5.41) is 5.23. The summed E-state index contributed by atoms with van der Waals surface area (Å²) in [7, 11) is 0. The van der Waals surface area contributed by atoms with Gasteiger partial charge in [0.05, 0.1) is 12.6 Å². The van der Waals surface area contributed by atoms with Crippen molar-refractivity contribution in [2.45, 2.75) is 31.8 Å². The summed E-state index contributed by atoms with van der Waals surface area (Å²) in [5.74, 6) is 0.111. The Kier molecular flexibility index (Phi) is 4.90. The standard InChI is InChI=1S/C18H22N2OS/c1-14(15-7-3-2-4-8-15)19-18(21)13-20-11-5-9-16(20)17-10-6-12-22-17/h2-4,6-8,10,12,14,16H,5,9,11,13H2,1H3,(H,19,21). The van der Waals surface area contributed by atoms with Gasteiger partial charge in [-0.1, -0.05) is 36.4 Å². The quantitative estimate of drug-likeness (QED) is 0.911. The summed E-state index contributed by atoms with van der Waals surface area (Å²) in [6.45, 7) is 3.53. The smallest absolute Gasteiger partial charge is 0.234 e. The molecule has 22 heavy (non-hydrogen) atoms. The Bertz CT molecular complexity index is 597. The number of thiophene rings is 1. The lowest BCUT2D eigenvalue weighted by Gasteiger charge is -2.24. The van der Waals surface area contributed by atoms with E-state index in [1.54, 1.807) is 11.3 Å². The number of amides is 1. The van der Waals surface area contributed by atoms with Crippen LogP contribution in [0.15, 0.2) is 47.8 Å². The van der Waals surface area contributed by atoms with Crippen LogP contribution in [0.4, 0.5) is 0 Å². The molecule has 1 aromatic heterocycles. The van der Waals surface area contributed by atoms with Crippen LogP contribution in [-0.2, 0) is 4.79 Å². The number of likely N-dealkylation sites (tertiary alicyclic amines) is 1. The summed E-state index contributed by atoms with van der Waals surface area (Å²) >= 11 is 1.79. The highest BCUT2D eigenvalue weighted by molar-refractivity contribution is 7.10. The zero-order valence-corrected chi connectivity index (χ0v) is 13.7. The van der Waals surface area contributed by atoms with E-state index in [4.69, 9.17) is 0 Å². The Morgan fingerprint density at radius 2 is 2.14 bits per heavy atom. The predicted molar refractivity (Wildman–Crippen MR) is 90.9 cm³/mol.